The molecule has 0 aliphatic carbocycles. The van der Waals surface area contributed by atoms with E-state index >= 15 is 0 Å². The molecule has 1 atom stereocenters. The Labute approximate surface area is 132 Å². The molecule has 7 heteroatoms. The fourth-order valence-electron chi connectivity index (χ4n) is 2.54. The van der Waals surface area contributed by atoms with Gasteiger partial charge in [0.15, 0.2) is 0 Å². The van der Waals surface area contributed by atoms with E-state index in [2.05, 4.69) is 5.32 Å². The first-order valence-electron chi connectivity index (χ1n) is 7.50. The van der Waals surface area contributed by atoms with Gasteiger partial charge in [-0.05, 0) is 30.5 Å². The molecule has 1 unspecified atom stereocenters. The number of amides is 2. The predicted octanol–water partition coefficient (Wildman–Crippen LogP) is 2.69. The van der Waals surface area contributed by atoms with Crippen LogP contribution < -0.4 is 5.32 Å². The number of nitrogens with zero attached hydrogens (tertiary/aromatic N) is 1. The van der Waals surface area contributed by atoms with Crippen molar-refractivity contribution in [2.45, 2.75) is 25.9 Å². The van der Waals surface area contributed by atoms with E-state index in [0.29, 0.717) is 19.5 Å². The zero-order valence-corrected chi connectivity index (χ0v) is 12.8. The summed E-state index contributed by atoms with van der Waals surface area (Å²) < 4.78 is 37.9. The van der Waals surface area contributed by atoms with E-state index in [4.69, 9.17) is 0 Å². The minimum Gasteiger partial charge on any atom is -0.352 e. The Kier molecular flexibility index (Phi) is 5.28. The van der Waals surface area contributed by atoms with Crippen molar-refractivity contribution < 1.29 is 22.8 Å². The SMILES string of the molecule is CC(CNC(=O)c1cccc(C(F)(F)F)c1)CN1CCCC1=O. The van der Waals surface area contributed by atoms with E-state index < -0.39 is 17.6 Å². The van der Waals surface area contributed by atoms with Crippen LogP contribution in [0.15, 0.2) is 24.3 Å². The quantitative estimate of drug-likeness (QED) is 0.903. The van der Waals surface area contributed by atoms with Crippen LogP contribution in [0.4, 0.5) is 13.2 Å². The summed E-state index contributed by atoms with van der Waals surface area (Å²) in [7, 11) is 0. The number of nitrogens with one attached hydrogen (secondary N) is 1. The second-order valence-electron chi connectivity index (χ2n) is 5.84. The third kappa shape index (κ3) is 4.71. The zero-order valence-electron chi connectivity index (χ0n) is 12.8. The van der Waals surface area contributed by atoms with E-state index in [9.17, 15) is 22.8 Å². The van der Waals surface area contributed by atoms with Crippen LogP contribution in [-0.4, -0.2) is 36.3 Å². The number of likely N-dealkylation sites (tertiary alicyclic amines) is 1. The van der Waals surface area contributed by atoms with Crippen molar-refractivity contribution in [2.24, 2.45) is 5.92 Å². The maximum Gasteiger partial charge on any atom is 0.416 e. The van der Waals surface area contributed by atoms with Crippen molar-refractivity contribution >= 4 is 11.8 Å². The van der Waals surface area contributed by atoms with Crippen LogP contribution in [0.25, 0.3) is 0 Å². The largest absolute Gasteiger partial charge is 0.416 e. The molecule has 0 bridgehead atoms. The average Bonchev–Trinajstić information content (AvgIpc) is 2.89. The fraction of sp³-hybridized carbons (Fsp3) is 0.500. The summed E-state index contributed by atoms with van der Waals surface area (Å²) in [5.41, 5.74) is -0.870. The molecule has 1 aromatic rings. The minimum atomic E-state index is -4.47. The Bertz CT molecular complexity index is 587. The first-order valence-corrected chi connectivity index (χ1v) is 7.50. The first-order chi connectivity index (χ1) is 10.8. The lowest BCUT2D eigenvalue weighted by Gasteiger charge is -2.21. The monoisotopic (exact) mass is 328 g/mol. The standard InChI is InChI=1S/C16H19F3N2O2/c1-11(10-21-7-3-6-14(21)22)9-20-15(23)12-4-2-5-13(8-12)16(17,18)19/h2,4-5,8,11H,3,6-7,9-10H2,1H3,(H,20,23). The molecule has 23 heavy (non-hydrogen) atoms. The van der Waals surface area contributed by atoms with E-state index in [0.717, 1.165) is 25.1 Å². The number of benzene rings is 1. The van der Waals surface area contributed by atoms with Crippen LogP contribution in [0.5, 0.6) is 0 Å². The number of halogens is 3. The van der Waals surface area contributed by atoms with E-state index in [-0.39, 0.29) is 17.4 Å². The lowest BCUT2D eigenvalue weighted by Crippen LogP contribution is -2.36. The lowest BCUT2D eigenvalue weighted by molar-refractivity contribution is -0.137. The van der Waals surface area contributed by atoms with Crippen molar-refractivity contribution in [1.29, 1.82) is 0 Å². The summed E-state index contributed by atoms with van der Waals surface area (Å²) in [4.78, 5) is 25.3. The van der Waals surface area contributed by atoms with Gasteiger partial charge in [0, 0.05) is 31.6 Å². The van der Waals surface area contributed by atoms with Gasteiger partial charge in [-0.25, -0.2) is 0 Å². The van der Waals surface area contributed by atoms with Gasteiger partial charge in [0.25, 0.3) is 5.91 Å². The van der Waals surface area contributed by atoms with Crippen molar-refractivity contribution in [3.05, 3.63) is 35.4 Å². The van der Waals surface area contributed by atoms with Crippen molar-refractivity contribution in [1.82, 2.24) is 10.2 Å². The summed E-state index contributed by atoms with van der Waals surface area (Å²) in [6.07, 6.45) is -3.06. The number of carbonyl (C=O) groups is 2. The maximum atomic E-state index is 12.6. The van der Waals surface area contributed by atoms with Gasteiger partial charge in [-0.15, -0.1) is 0 Å². The highest BCUT2D eigenvalue weighted by Crippen LogP contribution is 2.29. The van der Waals surface area contributed by atoms with Gasteiger partial charge in [-0.1, -0.05) is 13.0 Å². The third-order valence-electron chi connectivity index (χ3n) is 3.77. The van der Waals surface area contributed by atoms with Crippen LogP contribution in [0.3, 0.4) is 0 Å². The molecular weight excluding hydrogens is 309 g/mol. The smallest absolute Gasteiger partial charge is 0.352 e. The van der Waals surface area contributed by atoms with Crippen LogP contribution >= 0.6 is 0 Å². The molecule has 0 spiro atoms. The van der Waals surface area contributed by atoms with Gasteiger partial charge in [0.05, 0.1) is 5.56 Å². The molecular formula is C16H19F3N2O2. The van der Waals surface area contributed by atoms with Crippen LogP contribution in [-0.2, 0) is 11.0 Å². The lowest BCUT2D eigenvalue weighted by atomic mass is 10.1. The average molecular weight is 328 g/mol. The molecule has 1 N–H and O–H groups in total. The van der Waals surface area contributed by atoms with Gasteiger partial charge in [-0.3, -0.25) is 9.59 Å². The van der Waals surface area contributed by atoms with E-state index in [1.165, 1.54) is 12.1 Å². The molecule has 1 aromatic carbocycles. The minimum absolute atomic E-state index is 0.0238. The number of rotatable bonds is 5. The molecule has 2 rings (SSSR count). The highest BCUT2D eigenvalue weighted by Gasteiger charge is 2.31. The third-order valence-corrected chi connectivity index (χ3v) is 3.77. The first kappa shape index (κ1) is 17.3. The van der Waals surface area contributed by atoms with Crippen LogP contribution in [0.1, 0.15) is 35.7 Å². The molecule has 126 valence electrons. The highest BCUT2D eigenvalue weighted by molar-refractivity contribution is 5.94. The molecule has 2 amide bonds. The molecule has 0 radical (unpaired) electrons. The normalized spacial score (nSPS) is 16.5. The van der Waals surface area contributed by atoms with Gasteiger partial charge >= 0.3 is 6.18 Å². The summed E-state index contributed by atoms with van der Waals surface area (Å²) in [6.45, 7) is 3.46. The molecule has 1 aliphatic heterocycles. The number of carbonyl (C=O) groups excluding carboxylic acids is 2. The Morgan fingerprint density at radius 1 is 1.39 bits per heavy atom. The van der Waals surface area contributed by atoms with Gasteiger partial charge in [0.1, 0.15) is 0 Å². The maximum absolute atomic E-state index is 12.6. The number of hydrogen-bond acceptors (Lipinski definition) is 2. The summed E-state index contributed by atoms with van der Waals surface area (Å²) in [5.74, 6) is -0.399. The fourth-order valence-corrected chi connectivity index (χ4v) is 2.54. The summed E-state index contributed by atoms with van der Waals surface area (Å²) >= 11 is 0. The second kappa shape index (κ2) is 7.02. The molecule has 1 fully saturated rings. The summed E-state index contributed by atoms with van der Waals surface area (Å²) in [6, 6.07) is 4.33. The Morgan fingerprint density at radius 3 is 2.74 bits per heavy atom. The van der Waals surface area contributed by atoms with Crippen molar-refractivity contribution in [2.75, 3.05) is 19.6 Å². The van der Waals surface area contributed by atoms with Gasteiger partial charge in [0.2, 0.25) is 5.91 Å². The summed E-state index contributed by atoms with van der Waals surface area (Å²) in [5, 5.41) is 2.62. The van der Waals surface area contributed by atoms with Gasteiger partial charge < -0.3 is 10.2 Å². The molecule has 1 saturated heterocycles. The van der Waals surface area contributed by atoms with Crippen molar-refractivity contribution in [3.63, 3.8) is 0 Å². The van der Waals surface area contributed by atoms with Crippen molar-refractivity contribution in [3.8, 4) is 0 Å². The molecule has 1 aliphatic rings. The number of alkyl halides is 3. The Balaban J connectivity index is 1.88. The zero-order chi connectivity index (χ0) is 17.0. The van der Waals surface area contributed by atoms with Gasteiger partial charge in [-0.2, -0.15) is 13.2 Å². The van der Waals surface area contributed by atoms with Crippen LogP contribution in [0.2, 0.25) is 0 Å². The van der Waals surface area contributed by atoms with E-state index in [1.807, 2.05) is 6.92 Å². The van der Waals surface area contributed by atoms with Crippen LogP contribution in [0, 0.1) is 5.92 Å². The van der Waals surface area contributed by atoms with E-state index in [1.54, 1.807) is 4.90 Å². The Hall–Kier alpha value is -2.05. The molecule has 0 saturated carbocycles. The second-order valence-corrected chi connectivity index (χ2v) is 5.84. The highest BCUT2D eigenvalue weighted by atomic mass is 19.4. The molecule has 4 nitrogen and oxygen atoms in total. The topological polar surface area (TPSA) is 49.4 Å². The predicted molar refractivity (Wildman–Crippen MR) is 78.8 cm³/mol. The molecule has 1 heterocycles. The Morgan fingerprint density at radius 2 is 2.13 bits per heavy atom. The molecule has 0 aromatic heterocycles. The number of hydrogen-bond donors (Lipinski definition) is 1.